The van der Waals surface area contributed by atoms with E-state index in [2.05, 4.69) is 19.2 Å². The van der Waals surface area contributed by atoms with Gasteiger partial charge in [0, 0.05) is 24.8 Å². The maximum absolute atomic E-state index is 12.4. The Labute approximate surface area is 144 Å². The van der Waals surface area contributed by atoms with E-state index in [0.717, 1.165) is 12.8 Å². The second-order valence-corrected chi connectivity index (χ2v) is 5.92. The van der Waals surface area contributed by atoms with Gasteiger partial charge >= 0.3 is 6.03 Å². The van der Waals surface area contributed by atoms with Crippen LogP contribution >= 0.6 is 0 Å². The Morgan fingerprint density at radius 2 is 1.96 bits per heavy atom. The van der Waals surface area contributed by atoms with Crippen molar-refractivity contribution in [1.82, 2.24) is 4.90 Å². The quantitative estimate of drug-likeness (QED) is 0.828. The molecule has 1 saturated heterocycles. The number of carbonyl (C=O) groups excluding carboxylic acids is 1. The molecule has 0 aromatic heterocycles. The molecule has 1 aromatic rings. The van der Waals surface area contributed by atoms with Gasteiger partial charge < -0.3 is 24.4 Å². The van der Waals surface area contributed by atoms with E-state index >= 15 is 0 Å². The molecule has 1 aliphatic heterocycles. The van der Waals surface area contributed by atoms with E-state index in [1.54, 1.807) is 4.90 Å². The lowest BCUT2D eigenvalue weighted by molar-refractivity contribution is -0.00138. The highest BCUT2D eigenvalue weighted by atomic mass is 16.5. The fourth-order valence-corrected chi connectivity index (χ4v) is 2.45. The molecule has 2 rings (SSSR count). The molecular formula is C18H28N2O4. The molecule has 24 heavy (non-hydrogen) atoms. The molecule has 6 heteroatoms. The fraction of sp³-hybridized carbons (Fsp3) is 0.611. The Morgan fingerprint density at radius 1 is 1.25 bits per heavy atom. The average Bonchev–Trinajstić information content (AvgIpc) is 2.59. The minimum absolute atomic E-state index is 0.0674. The highest BCUT2D eigenvalue weighted by Crippen LogP contribution is 2.31. The standard InChI is InChI=1S/C18H28N2O4/c1-4-9-23-16-7-6-15(12-17(16)24-10-5-2)19-18(21)20-8-11-22-14(3)13-20/h6-7,12,14H,4-5,8-11,13H2,1-3H3,(H,19,21)/t14-/m0/s1. The van der Waals surface area contributed by atoms with Crippen LogP contribution in [0, 0.1) is 0 Å². The van der Waals surface area contributed by atoms with Gasteiger partial charge in [-0.05, 0) is 31.9 Å². The summed E-state index contributed by atoms with van der Waals surface area (Å²) in [4.78, 5) is 14.1. The minimum Gasteiger partial charge on any atom is -0.490 e. The lowest BCUT2D eigenvalue weighted by Gasteiger charge is -2.31. The first-order valence-corrected chi connectivity index (χ1v) is 8.71. The number of rotatable bonds is 7. The lowest BCUT2D eigenvalue weighted by atomic mass is 10.2. The number of urea groups is 1. The third-order valence-corrected chi connectivity index (χ3v) is 3.65. The predicted octanol–water partition coefficient (Wildman–Crippen LogP) is 3.52. The van der Waals surface area contributed by atoms with Crippen LogP contribution in [0.2, 0.25) is 0 Å². The summed E-state index contributed by atoms with van der Waals surface area (Å²) in [5.41, 5.74) is 0.703. The monoisotopic (exact) mass is 336 g/mol. The second kappa shape index (κ2) is 9.37. The number of ether oxygens (including phenoxy) is 3. The highest BCUT2D eigenvalue weighted by molar-refractivity contribution is 5.89. The van der Waals surface area contributed by atoms with Gasteiger partial charge in [-0.3, -0.25) is 0 Å². The zero-order valence-electron chi connectivity index (χ0n) is 14.8. The predicted molar refractivity (Wildman–Crippen MR) is 94.0 cm³/mol. The van der Waals surface area contributed by atoms with E-state index in [4.69, 9.17) is 14.2 Å². The molecule has 0 saturated carbocycles. The van der Waals surface area contributed by atoms with Crippen molar-refractivity contribution in [2.75, 3.05) is 38.2 Å². The number of hydrogen-bond acceptors (Lipinski definition) is 4. The first kappa shape index (κ1) is 18.4. The smallest absolute Gasteiger partial charge is 0.322 e. The van der Waals surface area contributed by atoms with Crippen molar-refractivity contribution in [1.29, 1.82) is 0 Å². The number of morpholine rings is 1. The van der Waals surface area contributed by atoms with E-state index in [1.165, 1.54) is 0 Å². The minimum atomic E-state index is -0.117. The molecule has 134 valence electrons. The Morgan fingerprint density at radius 3 is 2.62 bits per heavy atom. The number of carbonyl (C=O) groups is 1. The van der Waals surface area contributed by atoms with Crippen LogP contribution in [-0.2, 0) is 4.74 Å². The van der Waals surface area contributed by atoms with Gasteiger partial charge in [-0.15, -0.1) is 0 Å². The summed E-state index contributed by atoms with van der Waals surface area (Å²) in [5, 5.41) is 2.93. The molecule has 1 heterocycles. The van der Waals surface area contributed by atoms with Crippen molar-refractivity contribution >= 4 is 11.7 Å². The number of anilines is 1. The molecule has 0 radical (unpaired) electrons. The largest absolute Gasteiger partial charge is 0.490 e. The Kier molecular flexibility index (Phi) is 7.18. The van der Waals surface area contributed by atoms with Crippen molar-refractivity contribution in [3.8, 4) is 11.5 Å². The van der Waals surface area contributed by atoms with E-state index in [1.807, 2.05) is 25.1 Å². The summed E-state index contributed by atoms with van der Waals surface area (Å²) in [6.45, 7) is 9.11. The summed E-state index contributed by atoms with van der Waals surface area (Å²) in [6, 6.07) is 5.39. The molecule has 1 aromatic carbocycles. The molecule has 0 unspecified atom stereocenters. The van der Waals surface area contributed by atoms with E-state index in [-0.39, 0.29) is 12.1 Å². The zero-order valence-corrected chi connectivity index (χ0v) is 14.8. The van der Waals surface area contributed by atoms with Crippen LogP contribution in [0.4, 0.5) is 10.5 Å². The number of hydrogen-bond donors (Lipinski definition) is 1. The van der Waals surface area contributed by atoms with E-state index < -0.39 is 0 Å². The summed E-state index contributed by atoms with van der Waals surface area (Å²) < 4.78 is 16.9. The summed E-state index contributed by atoms with van der Waals surface area (Å²) in [5.74, 6) is 1.38. The molecule has 0 spiro atoms. The van der Waals surface area contributed by atoms with Gasteiger partial charge in [0.25, 0.3) is 0 Å². The van der Waals surface area contributed by atoms with E-state index in [9.17, 15) is 4.79 Å². The Bertz CT molecular complexity index is 536. The number of amides is 2. The van der Waals surface area contributed by atoms with Crippen LogP contribution in [-0.4, -0.2) is 49.9 Å². The van der Waals surface area contributed by atoms with Crippen LogP contribution in [0.5, 0.6) is 11.5 Å². The second-order valence-electron chi connectivity index (χ2n) is 5.92. The summed E-state index contributed by atoms with van der Waals surface area (Å²) in [7, 11) is 0. The van der Waals surface area contributed by atoms with Crippen LogP contribution < -0.4 is 14.8 Å². The van der Waals surface area contributed by atoms with Crippen LogP contribution in [0.25, 0.3) is 0 Å². The third kappa shape index (κ3) is 5.30. The molecule has 1 aliphatic rings. The van der Waals surface area contributed by atoms with Crippen molar-refractivity contribution < 1.29 is 19.0 Å². The van der Waals surface area contributed by atoms with Crippen molar-refractivity contribution in [2.24, 2.45) is 0 Å². The topological polar surface area (TPSA) is 60.0 Å². The fourth-order valence-electron chi connectivity index (χ4n) is 2.45. The first-order chi connectivity index (χ1) is 11.6. The van der Waals surface area contributed by atoms with Crippen LogP contribution in [0.1, 0.15) is 33.6 Å². The molecule has 1 atom stereocenters. The zero-order chi connectivity index (χ0) is 17.4. The number of benzene rings is 1. The molecule has 0 bridgehead atoms. The molecule has 1 fully saturated rings. The Balaban J connectivity index is 2.04. The molecule has 1 N–H and O–H groups in total. The van der Waals surface area contributed by atoms with Crippen molar-refractivity contribution in [3.63, 3.8) is 0 Å². The SMILES string of the molecule is CCCOc1ccc(NC(=O)N2CCO[C@@H](C)C2)cc1OCCC. The van der Waals surface area contributed by atoms with Gasteiger partial charge in [0.1, 0.15) is 0 Å². The van der Waals surface area contributed by atoms with Gasteiger partial charge in [-0.25, -0.2) is 4.79 Å². The maximum atomic E-state index is 12.4. The van der Waals surface area contributed by atoms with Gasteiger partial charge in [-0.1, -0.05) is 13.8 Å². The van der Waals surface area contributed by atoms with Crippen LogP contribution in [0.15, 0.2) is 18.2 Å². The van der Waals surface area contributed by atoms with E-state index in [0.29, 0.717) is 50.1 Å². The Hall–Kier alpha value is -1.95. The lowest BCUT2D eigenvalue weighted by Crippen LogP contribution is -2.46. The summed E-state index contributed by atoms with van der Waals surface area (Å²) >= 11 is 0. The molecule has 2 amide bonds. The van der Waals surface area contributed by atoms with Crippen molar-refractivity contribution in [2.45, 2.75) is 39.7 Å². The molecular weight excluding hydrogens is 308 g/mol. The third-order valence-electron chi connectivity index (χ3n) is 3.65. The normalized spacial score (nSPS) is 17.5. The summed E-state index contributed by atoms with van der Waals surface area (Å²) in [6.07, 6.45) is 1.91. The van der Waals surface area contributed by atoms with Crippen LogP contribution in [0.3, 0.4) is 0 Å². The number of nitrogens with one attached hydrogen (secondary N) is 1. The first-order valence-electron chi connectivity index (χ1n) is 8.71. The van der Waals surface area contributed by atoms with Gasteiger partial charge in [0.05, 0.1) is 25.9 Å². The highest BCUT2D eigenvalue weighted by Gasteiger charge is 2.21. The van der Waals surface area contributed by atoms with Crippen molar-refractivity contribution in [3.05, 3.63) is 18.2 Å². The number of nitrogens with zero attached hydrogens (tertiary/aromatic N) is 1. The molecule has 0 aliphatic carbocycles. The molecule has 6 nitrogen and oxygen atoms in total. The van der Waals surface area contributed by atoms with Gasteiger partial charge in [-0.2, -0.15) is 0 Å². The maximum Gasteiger partial charge on any atom is 0.322 e. The average molecular weight is 336 g/mol. The van der Waals surface area contributed by atoms with Gasteiger partial charge in [0.15, 0.2) is 11.5 Å². The van der Waals surface area contributed by atoms with Gasteiger partial charge in [0.2, 0.25) is 0 Å².